The molecule has 3 rings (SSSR count). The molecule has 1 aliphatic rings. The molecule has 0 unspecified atom stereocenters. The van der Waals surface area contributed by atoms with E-state index in [1.165, 1.54) is 0 Å². The van der Waals surface area contributed by atoms with Crippen LogP contribution in [0, 0.1) is 0 Å². The number of hydrogen-bond donors (Lipinski definition) is 1. The van der Waals surface area contributed by atoms with Gasteiger partial charge in [0.1, 0.15) is 17.2 Å². The lowest BCUT2D eigenvalue weighted by Gasteiger charge is -2.32. The number of piperidine rings is 1. The van der Waals surface area contributed by atoms with Gasteiger partial charge in [-0.05, 0) is 37.1 Å². The zero-order chi connectivity index (χ0) is 20.6. The van der Waals surface area contributed by atoms with Crippen molar-refractivity contribution in [2.24, 2.45) is 0 Å². The van der Waals surface area contributed by atoms with Crippen molar-refractivity contribution < 1.29 is 23.8 Å². The second-order valence-corrected chi connectivity index (χ2v) is 6.83. The van der Waals surface area contributed by atoms with Gasteiger partial charge in [0, 0.05) is 30.8 Å². The minimum absolute atomic E-state index is 0.0128. The Hall–Kier alpha value is -3.22. The number of nitrogens with zero attached hydrogens (tertiary/aromatic N) is 1. The predicted molar refractivity (Wildman–Crippen MR) is 109 cm³/mol. The van der Waals surface area contributed by atoms with Crippen LogP contribution < -0.4 is 19.5 Å². The van der Waals surface area contributed by atoms with E-state index in [0.29, 0.717) is 48.7 Å². The number of rotatable bonds is 7. The van der Waals surface area contributed by atoms with Crippen molar-refractivity contribution in [3.63, 3.8) is 0 Å². The molecule has 7 heteroatoms. The van der Waals surface area contributed by atoms with Crippen molar-refractivity contribution in [2.45, 2.75) is 18.9 Å². The molecule has 0 atom stereocenters. The average Bonchev–Trinajstić information content (AvgIpc) is 2.78. The molecule has 29 heavy (non-hydrogen) atoms. The summed E-state index contributed by atoms with van der Waals surface area (Å²) in [5.41, 5.74) is 0.482. The first kappa shape index (κ1) is 20.5. The van der Waals surface area contributed by atoms with Gasteiger partial charge in [-0.2, -0.15) is 0 Å². The van der Waals surface area contributed by atoms with E-state index in [2.05, 4.69) is 5.32 Å². The molecule has 0 saturated carbocycles. The molecule has 1 fully saturated rings. The lowest BCUT2D eigenvalue weighted by molar-refractivity contribution is -0.134. The van der Waals surface area contributed by atoms with Crippen molar-refractivity contribution in [3.8, 4) is 17.2 Å². The lowest BCUT2D eigenvalue weighted by Crippen LogP contribution is -2.47. The SMILES string of the molecule is COc1cc(OC)cc(C(=O)NC2CCN(C(=O)COc3ccccc3)CC2)c1. The first-order valence-corrected chi connectivity index (χ1v) is 9.58. The monoisotopic (exact) mass is 398 g/mol. The number of para-hydroxylation sites is 1. The Balaban J connectivity index is 1.48. The zero-order valence-corrected chi connectivity index (χ0v) is 16.7. The maximum Gasteiger partial charge on any atom is 0.260 e. The third kappa shape index (κ3) is 5.63. The van der Waals surface area contributed by atoms with Crippen LogP contribution >= 0.6 is 0 Å². The molecule has 2 amide bonds. The van der Waals surface area contributed by atoms with Crippen molar-refractivity contribution >= 4 is 11.8 Å². The number of ether oxygens (including phenoxy) is 3. The molecular weight excluding hydrogens is 372 g/mol. The van der Waals surface area contributed by atoms with E-state index >= 15 is 0 Å². The van der Waals surface area contributed by atoms with Crippen LogP contribution in [0.15, 0.2) is 48.5 Å². The summed E-state index contributed by atoms with van der Waals surface area (Å²) >= 11 is 0. The van der Waals surface area contributed by atoms with Crippen LogP contribution in [0.4, 0.5) is 0 Å². The van der Waals surface area contributed by atoms with Gasteiger partial charge < -0.3 is 24.4 Å². The Morgan fingerprint density at radius 3 is 2.17 bits per heavy atom. The number of nitrogens with one attached hydrogen (secondary N) is 1. The van der Waals surface area contributed by atoms with Crippen LogP contribution in [0.25, 0.3) is 0 Å². The van der Waals surface area contributed by atoms with E-state index in [4.69, 9.17) is 14.2 Å². The normalized spacial score (nSPS) is 14.2. The van der Waals surface area contributed by atoms with E-state index in [0.717, 1.165) is 0 Å². The summed E-state index contributed by atoms with van der Waals surface area (Å²) in [4.78, 5) is 26.7. The first-order valence-electron chi connectivity index (χ1n) is 9.58. The van der Waals surface area contributed by atoms with E-state index in [-0.39, 0.29) is 24.5 Å². The fourth-order valence-electron chi connectivity index (χ4n) is 3.23. The van der Waals surface area contributed by atoms with Gasteiger partial charge in [0.25, 0.3) is 11.8 Å². The highest BCUT2D eigenvalue weighted by Gasteiger charge is 2.24. The van der Waals surface area contributed by atoms with Crippen molar-refractivity contribution in [1.82, 2.24) is 10.2 Å². The average molecular weight is 398 g/mol. The Kier molecular flexibility index (Phi) is 6.94. The summed E-state index contributed by atoms with van der Waals surface area (Å²) < 4.78 is 16.0. The van der Waals surface area contributed by atoms with Gasteiger partial charge >= 0.3 is 0 Å². The van der Waals surface area contributed by atoms with Crippen LogP contribution in [-0.4, -0.2) is 56.7 Å². The summed E-state index contributed by atoms with van der Waals surface area (Å²) in [5.74, 6) is 1.58. The van der Waals surface area contributed by atoms with Crippen molar-refractivity contribution in [2.75, 3.05) is 33.9 Å². The predicted octanol–water partition coefficient (Wildman–Crippen LogP) is 2.50. The molecule has 1 heterocycles. The topological polar surface area (TPSA) is 77.1 Å². The molecule has 0 spiro atoms. The Labute approximate surface area is 170 Å². The molecule has 2 aromatic carbocycles. The quantitative estimate of drug-likeness (QED) is 0.776. The summed E-state index contributed by atoms with van der Waals surface area (Å²) in [5, 5.41) is 3.04. The summed E-state index contributed by atoms with van der Waals surface area (Å²) in [6, 6.07) is 14.4. The van der Waals surface area contributed by atoms with Crippen LogP contribution in [0.3, 0.4) is 0 Å². The number of carbonyl (C=O) groups excluding carboxylic acids is 2. The third-order valence-corrected chi connectivity index (χ3v) is 4.90. The van der Waals surface area contributed by atoms with Crippen LogP contribution in [0.1, 0.15) is 23.2 Å². The Bertz CT molecular complexity index is 810. The largest absolute Gasteiger partial charge is 0.497 e. The molecule has 1 N–H and O–H groups in total. The van der Waals surface area contributed by atoms with E-state index in [1.807, 2.05) is 30.3 Å². The van der Waals surface area contributed by atoms with Gasteiger partial charge in [0.15, 0.2) is 6.61 Å². The van der Waals surface area contributed by atoms with Crippen LogP contribution in [0.2, 0.25) is 0 Å². The number of hydrogen-bond acceptors (Lipinski definition) is 5. The fourth-order valence-corrected chi connectivity index (χ4v) is 3.23. The minimum Gasteiger partial charge on any atom is -0.497 e. The molecule has 0 aromatic heterocycles. The molecule has 1 saturated heterocycles. The van der Waals surface area contributed by atoms with Crippen LogP contribution in [0.5, 0.6) is 17.2 Å². The van der Waals surface area contributed by atoms with Crippen LogP contribution in [-0.2, 0) is 4.79 Å². The zero-order valence-electron chi connectivity index (χ0n) is 16.7. The maximum absolute atomic E-state index is 12.6. The summed E-state index contributed by atoms with van der Waals surface area (Å²) in [6.07, 6.45) is 1.40. The van der Waals surface area contributed by atoms with Crippen molar-refractivity contribution in [1.29, 1.82) is 0 Å². The fraction of sp³-hybridized carbons (Fsp3) is 0.364. The smallest absolute Gasteiger partial charge is 0.260 e. The first-order chi connectivity index (χ1) is 14.1. The van der Waals surface area contributed by atoms with E-state index < -0.39 is 0 Å². The molecule has 1 aliphatic heterocycles. The lowest BCUT2D eigenvalue weighted by atomic mass is 10.0. The molecule has 0 radical (unpaired) electrons. The van der Waals surface area contributed by atoms with Gasteiger partial charge in [-0.3, -0.25) is 9.59 Å². The number of amides is 2. The van der Waals surface area contributed by atoms with Gasteiger partial charge in [0.2, 0.25) is 0 Å². The third-order valence-electron chi connectivity index (χ3n) is 4.90. The number of carbonyl (C=O) groups is 2. The minimum atomic E-state index is -0.181. The molecular formula is C22H26N2O5. The highest BCUT2D eigenvalue weighted by Crippen LogP contribution is 2.23. The molecule has 154 valence electrons. The van der Waals surface area contributed by atoms with E-state index in [1.54, 1.807) is 37.3 Å². The van der Waals surface area contributed by atoms with Gasteiger partial charge in [0.05, 0.1) is 14.2 Å². The number of methoxy groups -OCH3 is 2. The summed E-state index contributed by atoms with van der Waals surface area (Å²) in [7, 11) is 3.09. The Morgan fingerprint density at radius 1 is 0.966 bits per heavy atom. The van der Waals surface area contributed by atoms with E-state index in [9.17, 15) is 9.59 Å². The number of likely N-dealkylation sites (tertiary alicyclic amines) is 1. The number of benzene rings is 2. The molecule has 2 aromatic rings. The highest BCUT2D eigenvalue weighted by molar-refractivity contribution is 5.95. The standard InChI is InChI=1S/C22H26N2O5/c1-27-19-12-16(13-20(14-19)28-2)22(26)23-17-8-10-24(11-9-17)21(25)15-29-18-6-4-3-5-7-18/h3-7,12-14,17H,8-11,15H2,1-2H3,(H,23,26). The second-order valence-electron chi connectivity index (χ2n) is 6.83. The highest BCUT2D eigenvalue weighted by atomic mass is 16.5. The van der Waals surface area contributed by atoms with Crippen molar-refractivity contribution in [3.05, 3.63) is 54.1 Å². The van der Waals surface area contributed by atoms with Gasteiger partial charge in [-0.25, -0.2) is 0 Å². The molecule has 7 nitrogen and oxygen atoms in total. The maximum atomic E-state index is 12.6. The summed E-state index contributed by atoms with van der Waals surface area (Å²) in [6.45, 7) is 1.19. The molecule has 0 aliphatic carbocycles. The Morgan fingerprint density at radius 2 is 1.59 bits per heavy atom. The van der Waals surface area contributed by atoms with Gasteiger partial charge in [-0.1, -0.05) is 18.2 Å². The second kappa shape index (κ2) is 9.82. The van der Waals surface area contributed by atoms with Gasteiger partial charge in [-0.15, -0.1) is 0 Å². The molecule has 0 bridgehead atoms.